The van der Waals surface area contributed by atoms with Gasteiger partial charge in [-0.25, -0.2) is 0 Å². The minimum Gasteiger partial charge on any atom is -0.395 e. The maximum Gasteiger partial charge on any atom is 0.163 e. The van der Waals surface area contributed by atoms with Crippen LogP contribution in [0.25, 0.3) is 21.8 Å². The molecule has 2 aliphatic rings. The molecule has 4 nitrogen and oxygen atoms in total. The molecule has 1 N–H and O–H groups in total. The van der Waals surface area contributed by atoms with E-state index in [1.165, 1.54) is 0 Å². The summed E-state index contributed by atoms with van der Waals surface area (Å²) in [5.41, 5.74) is 6.00. The molecule has 0 atom stereocenters. The normalized spacial score (nSPS) is 16.4. The van der Waals surface area contributed by atoms with E-state index in [0.29, 0.717) is 19.4 Å². The summed E-state index contributed by atoms with van der Waals surface area (Å²) in [4.78, 5) is 24.3. The predicted molar refractivity (Wildman–Crippen MR) is 91.8 cm³/mol. The first kappa shape index (κ1) is 13.9. The van der Waals surface area contributed by atoms with E-state index in [4.69, 9.17) is 0 Å². The minimum absolute atomic E-state index is 0.0604. The van der Waals surface area contributed by atoms with Gasteiger partial charge in [-0.1, -0.05) is 0 Å². The Kier molecular flexibility index (Phi) is 2.77. The van der Waals surface area contributed by atoms with Crippen molar-refractivity contribution in [2.45, 2.75) is 32.2 Å². The van der Waals surface area contributed by atoms with E-state index in [1.54, 1.807) is 0 Å². The van der Waals surface area contributed by atoms with E-state index in [-0.39, 0.29) is 18.2 Å². The highest BCUT2D eigenvalue weighted by Gasteiger charge is 2.29. The Labute approximate surface area is 138 Å². The summed E-state index contributed by atoms with van der Waals surface area (Å²) in [5.74, 6) is 0.414. The van der Waals surface area contributed by atoms with Crippen molar-refractivity contribution >= 4 is 33.4 Å². The smallest absolute Gasteiger partial charge is 0.163 e. The summed E-state index contributed by atoms with van der Waals surface area (Å²) in [7, 11) is 0. The van der Waals surface area contributed by atoms with Gasteiger partial charge >= 0.3 is 0 Å². The van der Waals surface area contributed by atoms with Gasteiger partial charge < -0.3 is 9.67 Å². The molecular weight excluding hydrogens is 302 g/mol. The van der Waals surface area contributed by atoms with Crippen molar-refractivity contribution in [1.82, 2.24) is 4.57 Å². The second kappa shape index (κ2) is 4.77. The van der Waals surface area contributed by atoms with E-state index in [0.717, 1.165) is 56.9 Å². The van der Waals surface area contributed by atoms with Crippen LogP contribution in [0.15, 0.2) is 24.3 Å². The van der Waals surface area contributed by atoms with Gasteiger partial charge in [-0.05, 0) is 48.2 Å². The van der Waals surface area contributed by atoms with Crippen molar-refractivity contribution in [2.24, 2.45) is 0 Å². The number of hydrogen-bond donors (Lipinski definition) is 1. The number of carbonyl (C=O) groups excluding carboxylic acids is 2. The Morgan fingerprint density at radius 3 is 1.75 bits per heavy atom. The second-order valence-electron chi connectivity index (χ2n) is 6.69. The van der Waals surface area contributed by atoms with Crippen LogP contribution >= 0.6 is 0 Å². The molecule has 0 fully saturated rings. The summed E-state index contributed by atoms with van der Waals surface area (Å²) >= 11 is 0. The molecule has 0 unspecified atom stereocenters. The molecule has 0 saturated carbocycles. The summed E-state index contributed by atoms with van der Waals surface area (Å²) in [5, 5.41) is 11.7. The Bertz CT molecular complexity index is 977. The fourth-order valence-electron chi connectivity index (χ4n) is 4.54. The summed E-state index contributed by atoms with van der Waals surface area (Å²) in [6.45, 7) is 0.574. The zero-order valence-corrected chi connectivity index (χ0v) is 13.3. The molecule has 1 heterocycles. The molecule has 0 saturated heterocycles. The lowest BCUT2D eigenvalue weighted by Crippen LogP contribution is -2.02. The molecule has 4 heteroatoms. The Morgan fingerprint density at radius 1 is 0.792 bits per heavy atom. The van der Waals surface area contributed by atoms with Crippen molar-refractivity contribution < 1.29 is 14.7 Å². The SMILES string of the molecule is O=C1CCc2c1ccc1c2c2c3c(ccc2n1CCO)C(=O)CC3. The van der Waals surface area contributed by atoms with Crippen LogP contribution < -0.4 is 0 Å². The van der Waals surface area contributed by atoms with Gasteiger partial charge in [0.2, 0.25) is 0 Å². The van der Waals surface area contributed by atoms with Crippen LogP contribution in [0.1, 0.15) is 44.7 Å². The van der Waals surface area contributed by atoms with E-state index >= 15 is 0 Å². The number of hydrogen-bond acceptors (Lipinski definition) is 3. The number of aliphatic hydroxyl groups is 1. The third kappa shape index (κ3) is 1.61. The van der Waals surface area contributed by atoms with Crippen LogP contribution in [0.4, 0.5) is 0 Å². The molecule has 2 aliphatic carbocycles. The van der Waals surface area contributed by atoms with Crippen LogP contribution in [-0.4, -0.2) is 27.8 Å². The third-order valence-electron chi connectivity index (χ3n) is 5.54. The molecule has 3 aromatic rings. The zero-order valence-electron chi connectivity index (χ0n) is 13.3. The standard InChI is InChI=1S/C20H17NO3/c22-10-9-21-15-5-1-11-13(3-7-17(11)23)19(15)20-14-4-8-18(24)12(14)2-6-16(20)21/h1-2,5-6,22H,3-4,7-10H2. The van der Waals surface area contributed by atoms with Gasteiger partial charge in [0, 0.05) is 52.3 Å². The van der Waals surface area contributed by atoms with E-state index < -0.39 is 0 Å². The topological polar surface area (TPSA) is 59.3 Å². The summed E-state index contributed by atoms with van der Waals surface area (Å²) < 4.78 is 2.12. The van der Waals surface area contributed by atoms with Gasteiger partial charge in [0.25, 0.3) is 0 Å². The quantitative estimate of drug-likeness (QED) is 0.790. The molecule has 120 valence electrons. The van der Waals surface area contributed by atoms with Crippen molar-refractivity contribution in [1.29, 1.82) is 0 Å². The average Bonchev–Trinajstić information content (AvgIpc) is 3.24. The van der Waals surface area contributed by atoms with E-state index in [1.807, 2.05) is 24.3 Å². The van der Waals surface area contributed by atoms with Crippen LogP contribution in [0.3, 0.4) is 0 Å². The van der Waals surface area contributed by atoms with Crippen molar-refractivity contribution in [3.63, 3.8) is 0 Å². The number of aromatic nitrogens is 1. The van der Waals surface area contributed by atoms with Crippen LogP contribution in [-0.2, 0) is 19.4 Å². The number of carbonyl (C=O) groups is 2. The van der Waals surface area contributed by atoms with Gasteiger partial charge in [0.05, 0.1) is 6.61 Å². The zero-order chi connectivity index (χ0) is 16.4. The average molecular weight is 319 g/mol. The highest BCUT2D eigenvalue weighted by Crippen LogP contribution is 2.41. The van der Waals surface area contributed by atoms with Crippen molar-refractivity contribution in [3.05, 3.63) is 46.5 Å². The van der Waals surface area contributed by atoms with Gasteiger partial charge in [-0.15, -0.1) is 0 Å². The molecule has 0 amide bonds. The lowest BCUT2D eigenvalue weighted by molar-refractivity contribution is 0.0986. The van der Waals surface area contributed by atoms with Crippen molar-refractivity contribution in [3.8, 4) is 0 Å². The number of Topliss-reactive ketones (excluding diaryl/α,β-unsaturated/α-hetero) is 2. The maximum atomic E-state index is 12.2. The number of fused-ring (bicyclic) bond motifs is 7. The number of benzene rings is 2. The molecule has 0 bridgehead atoms. The number of aliphatic hydroxyl groups excluding tert-OH is 1. The number of aryl methyl sites for hydroxylation is 2. The Hall–Kier alpha value is -2.46. The first-order chi connectivity index (χ1) is 11.7. The first-order valence-electron chi connectivity index (χ1n) is 8.47. The fourth-order valence-corrected chi connectivity index (χ4v) is 4.54. The highest BCUT2D eigenvalue weighted by atomic mass is 16.3. The second-order valence-corrected chi connectivity index (χ2v) is 6.69. The lowest BCUT2D eigenvalue weighted by Gasteiger charge is -2.06. The number of rotatable bonds is 2. The van der Waals surface area contributed by atoms with Crippen LogP contribution in [0.2, 0.25) is 0 Å². The van der Waals surface area contributed by atoms with E-state index in [2.05, 4.69) is 4.57 Å². The largest absolute Gasteiger partial charge is 0.395 e. The molecule has 24 heavy (non-hydrogen) atoms. The number of ketones is 2. The van der Waals surface area contributed by atoms with Crippen LogP contribution in [0, 0.1) is 0 Å². The molecule has 5 rings (SSSR count). The number of nitrogens with zero attached hydrogens (tertiary/aromatic N) is 1. The molecule has 2 aromatic carbocycles. The molecule has 1 aromatic heterocycles. The summed E-state index contributed by atoms with van der Waals surface area (Å²) in [6, 6.07) is 7.84. The van der Waals surface area contributed by atoms with Crippen LogP contribution in [0.5, 0.6) is 0 Å². The van der Waals surface area contributed by atoms with E-state index in [9.17, 15) is 14.7 Å². The Balaban J connectivity index is 2.00. The summed E-state index contributed by atoms with van der Waals surface area (Å²) in [6.07, 6.45) is 2.66. The monoisotopic (exact) mass is 319 g/mol. The molecule has 0 radical (unpaired) electrons. The van der Waals surface area contributed by atoms with Gasteiger partial charge in [0.15, 0.2) is 11.6 Å². The Morgan fingerprint density at radius 2 is 1.29 bits per heavy atom. The molecule has 0 aliphatic heterocycles. The van der Waals surface area contributed by atoms with Gasteiger partial charge in [-0.3, -0.25) is 9.59 Å². The van der Waals surface area contributed by atoms with Gasteiger partial charge in [0.1, 0.15) is 0 Å². The minimum atomic E-state index is 0.0604. The van der Waals surface area contributed by atoms with Crippen molar-refractivity contribution in [2.75, 3.05) is 6.61 Å². The predicted octanol–water partition coefficient (Wildman–Crippen LogP) is 3.04. The molecule has 0 spiro atoms. The van der Waals surface area contributed by atoms with Gasteiger partial charge in [-0.2, -0.15) is 0 Å². The first-order valence-corrected chi connectivity index (χ1v) is 8.47. The lowest BCUT2D eigenvalue weighted by atomic mass is 9.98. The fraction of sp³-hybridized carbons (Fsp3) is 0.300. The maximum absolute atomic E-state index is 12.2. The third-order valence-corrected chi connectivity index (χ3v) is 5.54. The molecular formula is C20H17NO3. The highest BCUT2D eigenvalue weighted by molar-refractivity contribution is 6.18.